The molecule has 32 valence electrons. The van der Waals surface area contributed by atoms with Crippen molar-refractivity contribution in [1.29, 1.82) is 0 Å². The maximum Gasteiger partial charge on any atom is 0.483 e. The number of halogens is 3. The third kappa shape index (κ3) is 25.3. The molecule has 0 aliphatic heterocycles. The van der Waals surface area contributed by atoms with Gasteiger partial charge in [-0.05, 0) is 0 Å². The Kier molecular flexibility index (Phi) is 6.11. The lowest BCUT2D eigenvalue weighted by atomic mass is 11.6. The molecule has 0 spiro atoms. The zero-order valence-corrected chi connectivity index (χ0v) is 2.07. The molecule has 0 N–H and O–H groups in total. The van der Waals surface area contributed by atoms with Crippen LogP contribution in [0.2, 0.25) is 0 Å². The van der Waals surface area contributed by atoms with Gasteiger partial charge in [0.15, 0.2) is 0 Å². The Bertz CT molecular complexity index is 29.9. The largest absolute Gasteiger partial charge is 0.483 e. The normalized spacial score (nSPS) is 5.20. The number of carbonyl (C=O) groups is 1. The molecule has 0 unspecified atom stereocenters. The molecule has 0 saturated carbocycles. The SMILES string of the molecule is F.O=C(F)F. The van der Waals surface area contributed by atoms with Gasteiger partial charge in [-0.25, -0.2) is 4.79 Å². The number of hydrogen-bond donors (Lipinski definition) is 0. The van der Waals surface area contributed by atoms with Crippen molar-refractivity contribution >= 4 is 6.29 Å². The van der Waals surface area contributed by atoms with Crippen LogP contribution in [-0.2, 0) is 0 Å². The maximum absolute atomic E-state index is 9.69. The van der Waals surface area contributed by atoms with Crippen LogP contribution >= 0.6 is 0 Å². The third-order valence-corrected chi connectivity index (χ3v) is 0. The summed E-state index contributed by atoms with van der Waals surface area (Å²) in [6, 6.07) is 0. The van der Waals surface area contributed by atoms with E-state index in [0.29, 0.717) is 0 Å². The van der Waals surface area contributed by atoms with E-state index in [-0.39, 0.29) is 4.70 Å². The van der Waals surface area contributed by atoms with Gasteiger partial charge in [0.25, 0.3) is 0 Å². The molecule has 0 bridgehead atoms. The predicted molar refractivity (Wildman–Crippen MR) is 10.1 cm³/mol. The summed E-state index contributed by atoms with van der Waals surface area (Å²) in [7, 11) is 0. The van der Waals surface area contributed by atoms with Crippen LogP contribution in [0.15, 0.2) is 0 Å². The second-order valence-corrected chi connectivity index (χ2v) is 0.226. The van der Waals surface area contributed by atoms with E-state index in [9.17, 15) is 8.78 Å². The fraction of sp³-hybridized carbons (Fsp3) is 0. The van der Waals surface area contributed by atoms with Gasteiger partial charge in [-0.3, -0.25) is 4.70 Å². The lowest BCUT2D eigenvalue weighted by Crippen LogP contribution is -1.54. The Hall–Kier alpha value is -0.540. The van der Waals surface area contributed by atoms with Crippen LogP contribution in [0.1, 0.15) is 0 Å². The lowest BCUT2D eigenvalue weighted by molar-refractivity contribution is 0.199. The Morgan fingerprint density at radius 3 is 1.40 bits per heavy atom. The molecule has 4 heteroatoms. The molecule has 5 heavy (non-hydrogen) atoms. The first-order valence-electron chi connectivity index (χ1n) is 0.582. The average molecular weight is 86.0 g/mol. The standard InChI is InChI=1S/CF2O.FH/c2-1(3)4;/h;1H. The van der Waals surface area contributed by atoms with E-state index in [1.54, 1.807) is 0 Å². The minimum Gasteiger partial charge on any atom is -0.269 e. The van der Waals surface area contributed by atoms with Gasteiger partial charge >= 0.3 is 6.29 Å². The Morgan fingerprint density at radius 2 is 1.40 bits per heavy atom. The highest BCUT2D eigenvalue weighted by molar-refractivity contribution is 5.55. The molecule has 0 aromatic rings. The van der Waals surface area contributed by atoms with E-state index in [1.807, 2.05) is 0 Å². The van der Waals surface area contributed by atoms with Crippen LogP contribution in [0.4, 0.5) is 18.3 Å². The molecule has 0 saturated heterocycles. The van der Waals surface area contributed by atoms with Crippen molar-refractivity contribution in [2.75, 3.05) is 0 Å². The highest BCUT2D eigenvalue weighted by Gasteiger charge is 1.78. The summed E-state index contributed by atoms with van der Waals surface area (Å²) in [5, 5.41) is 0. The van der Waals surface area contributed by atoms with Gasteiger partial charge in [0, 0.05) is 0 Å². The number of carbonyl (C=O) groups excluding carboxylic acids is 1. The lowest BCUT2D eigenvalue weighted by Gasteiger charge is -1.45. The topological polar surface area (TPSA) is 17.1 Å². The summed E-state index contributed by atoms with van der Waals surface area (Å²) < 4.78 is 19.4. The van der Waals surface area contributed by atoms with Crippen LogP contribution in [0.25, 0.3) is 0 Å². The average Bonchev–Trinajstić information content (AvgIpc) is 0.811. The maximum atomic E-state index is 9.69. The predicted octanol–water partition coefficient (Wildman–Crippen LogP) is 1.20. The monoisotopic (exact) mass is 86.0 g/mol. The number of rotatable bonds is 0. The summed E-state index contributed by atoms with van der Waals surface area (Å²) >= 11 is 0. The molecular weight excluding hydrogens is 85.0 g/mol. The summed E-state index contributed by atoms with van der Waals surface area (Å²) in [4.78, 5) is 8.11. The van der Waals surface area contributed by atoms with Crippen molar-refractivity contribution in [2.24, 2.45) is 0 Å². The van der Waals surface area contributed by atoms with Gasteiger partial charge in [0.05, 0.1) is 0 Å². The van der Waals surface area contributed by atoms with E-state index in [1.165, 1.54) is 0 Å². The second kappa shape index (κ2) is 3.46. The van der Waals surface area contributed by atoms with Crippen LogP contribution in [0, 0.1) is 0 Å². The fourth-order valence-corrected chi connectivity index (χ4v) is 0. The molecular formula is CHF3O. The summed E-state index contributed by atoms with van der Waals surface area (Å²) in [5.41, 5.74) is 0. The molecule has 1 nitrogen and oxygen atoms in total. The van der Waals surface area contributed by atoms with Crippen molar-refractivity contribution in [1.82, 2.24) is 0 Å². The van der Waals surface area contributed by atoms with Crippen LogP contribution in [0.3, 0.4) is 0 Å². The molecule has 0 aromatic carbocycles. The van der Waals surface area contributed by atoms with Gasteiger partial charge in [0.1, 0.15) is 0 Å². The molecule has 0 atom stereocenters. The summed E-state index contributed by atoms with van der Waals surface area (Å²) in [5.74, 6) is 0. The molecule has 0 aliphatic rings. The van der Waals surface area contributed by atoms with E-state index in [0.717, 1.165) is 0 Å². The van der Waals surface area contributed by atoms with Crippen LogP contribution in [0.5, 0.6) is 0 Å². The minimum absolute atomic E-state index is 0. The van der Waals surface area contributed by atoms with Crippen LogP contribution in [-0.4, -0.2) is 6.29 Å². The van der Waals surface area contributed by atoms with Crippen molar-refractivity contribution in [3.05, 3.63) is 0 Å². The molecule has 0 fully saturated rings. The van der Waals surface area contributed by atoms with E-state index < -0.39 is 6.29 Å². The Balaban J connectivity index is 0. The van der Waals surface area contributed by atoms with Crippen molar-refractivity contribution in [2.45, 2.75) is 0 Å². The van der Waals surface area contributed by atoms with Crippen molar-refractivity contribution in [3.63, 3.8) is 0 Å². The first-order valence-corrected chi connectivity index (χ1v) is 0.582. The second-order valence-electron chi connectivity index (χ2n) is 0.226. The van der Waals surface area contributed by atoms with Gasteiger partial charge in [-0.15, -0.1) is 8.78 Å². The molecule has 0 aliphatic carbocycles. The Morgan fingerprint density at radius 1 is 1.40 bits per heavy atom. The van der Waals surface area contributed by atoms with E-state index >= 15 is 0 Å². The molecule has 0 rings (SSSR count). The Labute approximate surface area is 26.0 Å². The smallest absolute Gasteiger partial charge is 0.269 e. The first-order chi connectivity index (χ1) is 1.73. The van der Waals surface area contributed by atoms with Crippen molar-refractivity contribution in [3.8, 4) is 0 Å². The van der Waals surface area contributed by atoms with Gasteiger partial charge in [-0.1, -0.05) is 0 Å². The highest BCUT2D eigenvalue weighted by atomic mass is 19.3. The fourth-order valence-electron chi connectivity index (χ4n) is 0. The molecule has 0 heterocycles. The van der Waals surface area contributed by atoms with E-state index in [2.05, 4.69) is 0 Å². The zero-order chi connectivity index (χ0) is 3.58. The quantitative estimate of drug-likeness (QED) is 0.405. The minimum atomic E-state index is -2.83. The summed E-state index contributed by atoms with van der Waals surface area (Å²) in [6.45, 7) is 0. The molecule has 0 amide bonds. The first kappa shape index (κ1) is 8.82. The van der Waals surface area contributed by atoms with Crippen LogP contribution < -0.4 is 0 Å². The van der Waals surface area contributed by atoms with Gasteiger partial charge < -0.3 is 0 Å². The number of hydrogen-bond acceptors (Lipinski definition) is 1. The highest BCUT2D eigenvalue weighted by Crippen LogP contribution is 1.70. The third-order valence-electron chi connectivity index (χ3n) is 0. The summed E-state index contributed by atoms with van der Waals surface area (Å²) in [6.07, 6.45) is -2.83. The molecule has 0 aromatic heterocycles. The molecule has 0 radical (unpaired) electrons. The van der Waals surface area contributed by atoms with Crippen molar-refractivity contribution < 1.29 is 18.3 Å². The van der Waals surface area contributed by atoms with Gasteiger partial charge in [0.2, 0.25) is 0 Å². The zero-order valence-electron chi connectivity index (χ0n) is 2.07. The van der Waals surface area contributed by atoms with E-state index in [4.69, 9.17) is 4.79 Å². The van der Waals surface area contributed by atoms with Gasteiger partial charge in [-0.2, -0.15) is 0 Å².